The lowest BCUT2D eigenvalue weighted by molar-refractivity contribution is -0.143. The Bertz CT molecular complexity index is 783. The van der Waals surface area contributed by atoms with Crippen LogP contribution in [0.25, 0.3) is 0 Å². The molecule has 23 heavy (non-hydrogen) atoms. The summed E-state index contributed by atoms with van der Waals surface area (Å²) in [6.45, 7) is 0. The standard InChI is InChI=1S/C13H8F6N2O2/c1-20-8-9(11(23)10(8)22)21-7-3-5(12(14,15)16)2-6(4-7)13(17,18)19/h2-4,20-21H,1H3. The molecule has 4 nitrogen and oxygen atoms in total. The normalized spacial score (nSPS) is 12.5. The van der Waals surface area contributed by atoms with E-state index in [2.05, 4.69) is 10.6 Å². The second kappa shape index (κ2) is 5.28. The lowest BCUT2D eigenvalue weighted by atomic mass is 10.1. The maximum atomic E-state index is 12.7. The van der Waals surface area contributed by atoms with E-state index in [9.17, 15) is 35.9 Å². The number of hydrogen-bond donors (Lipinski definition) is 2. The van der Waals surface area contributed by atoms with Crippen molar-refractivity contribution in [2.75, 3.05) is 17.7 Å². The van der Waals surface area contributed by atoms with Crippen molar-refractivity contribution in [3.63, 3.8) is 0 Å². The van der Waals surface area contributed by atoms with Gasteiger partial charge >= 0.3 is 12.4 Å². The Labute approximate surface area is 124 Å². The van der Waals surface area contributed by atoms with Crippen LogP contribution in [0, 0.1) is 0 Å². The van der Waals surface area contributed by atoms with Gasteiger partial charge in [-0.05, 0) is 18.2 Å². The molecule has 0 aliphatic carbocycles. The van der Waals surface area contributed by atoms with Gasteiger partial charge < -0.3 is 10.6 Å². The van der Waals surface area contributed by atoms with E-state index in [0.29, 0.717) is 12.1 Å². The van der Waals surface area contributed by atoms with E-state index in [4.69, 9.17) is 0 Å². The van der Waals surface area contributed by atoms with Crippen LogP contribution in [0.1, 0.15) is 11.1 Å². The molecule has 0 heterocycles. The van der Waals surface area contributed by atoms with E-state index in [1.807, 2.05) is 0 Å². The lowest BCUT2D eigenvalue weighted by Gasteiger charge is -2.17. The highest BCUT2D eigenvalue weighted by Crippen LogP contribution is 2.38. The minimum absolute atomic E-state index is 0.0354. The summed E-state index contributed by atoms with van der Waals surface area (Å²) in [7, 11) is 1.29. The summed E-state index contributed by atoms with van der Waals surface area (Å²) < 4.78 is 76.3. The second-order valence-electron chi connectivity index (χ2n) is 4.58. The molecule has 10 heteroatoms. The summed E-state index contributed by atoms with van der Waals surface area (Å²) in [6, 6.07) is 0.809. The van der Waals surface area contributed by atoms with Crippen LogP contribution in [0.3, 0.4) is 0 Å². The zero-order valence-corrected chi connectivity index (χ0v) is 11.3. The Hall–Kier alpha value is -2.52. The SMILES string of the molecule is CNc1c(Nc2cc(C(F)(F)F)cc(C(F)(F)F)c2)c(=O)c1=O. The molecule has 0 saturated heterocycles. The third-order valence-electron chi connectivity index (χ3n) is 3.02. The van der Waals surface area contributed by atoms with Gasteiger partial charge in [-0.2, -0.15) is 26.3 Å². The van der Waals surface area contributed by atoms with Crippen molar-refractivity contribution in [1.29, 1.82) is 0 Å². The van der Waals surface area contributed by atoms with Gasteiger partial charge in [0.25, 0.3) is 10.9 Å². The second-order valence-corrected chi connectivity index (χ2v) is 4.58. The molecule has 2 aromatic rings. The molecule has 0 fully saturated rings. The van der Waals surface area contributed by atoms with Crippen LogP contribution in [0.2, 0.25) is 0 Å². The summed E-state index contributed by atoms with van der Waals surface area (Å²) in [5, 5.41) is 4.48. The van der Waals surface area contributed by atoms with E-state index in [-0.39, 0.29) is 17.4 Å². The molecule has 124 valence electrons. The highest BCUT2D eigenvalue weighted by atomic mass is 19.4. The molecule has 0 aromatic heterocycles. The maximum Gasteiger partial charge on any atom is 0.416 e. The summed E-state index contributed by atoms with van der Waals surface area (Å²) in [4.78, 5) is 22.5. The molecule has 0 saturated carbocycles. The summed E-state index contributed by atoms with van der Waals surface area (Å²) >= 11 is 0. The zero-order valence-electron chi connectivity index (χ0n) is 11.3. The molecule has 2 aromatic carbocycles. The van der Waals surface area contributed by atoms with Crippen molar-refractivity contribution in [2.45, 2.75) is 12.4 Å². The zero-order chi connectivity index (χ0) is 17.6. The van der Waals surface area contributed by atoms with Gasteiger partial charge in [0.1, 0.15) is 11.4 Å². The van der Waals surface area contributed by atoms with E-state index in [1.165, 1.54) is 7.05 Å². The highest BCUT2D eigenvalue weighted by Gasteiger charge is 2.37. The quantitative estimate of drug-likeness (QED) is 0.667. The Morgan fingerprint density at radius 1 is 0.783 bits per heavy atom. The molecule has 0 radical (unpaired) electrons. The third kappa shape index (κ3) is 3.15. The number of anilines is 3. The Morgan fingerprint density at radius 2 is 1.22 bits per heavy atom. The molecule has 2 N–H and O–H groups in total. The fourth-order valence-electron chi connectivity index (χ4n) is 1.92. The topological polar surface area (TPSA) is 58.2 Å². The van der Waals surface area contributed by atoms with E-state index < -0.39 is 40.0 Å². The molecule has 0 amide bonds. The molecule has 0 spiro atoms. The van der Waals surface area contributed by atoms with Gasteiger partial charge in [0, 0.05) is 12.7 Å². The van der Waals surface area contributed by atoms with Crippen molar-refractivity contribution in [3.8, 4) is 0 Å². The van der Waals surface area contributed by atoms with Crippen LogP contribution in [-0.4, -0.2) is 7.05 Å². The van der Waals surface area contributed by atoms with Crippen LogP contribution >= 0.6 is 0 Å². The van der Waals surface area contributed by atoms with Gasteiger partial charge in [-0.1, -0.05) is 0 Å². The van der Waals surface area contributed by atoms with Gasteiger partial charge in [0.2, 0.25) is 0 Å². The van der Waals surface area contributed by atoms with Crippen molar-refractivity contribution >= 4 is 17.1 Å². The van der Waals surface area contributed by atoms with Gasteiger partial charge in [0.05, 0.1) is 11.1 Å². The van der Waals surface area contributed by atoms with Crippen molar-refractivity contribution < 1.29 is 26.3 Å². The van der Waals surface area contributed by atoms with Gasteiger partial charge in [-0.15, -0.1) is 0 Å². The van der Waals surface area contributed by atoms with Crippen LogP contribution in [0.5, 0.6) is 0 Å². The minimum Gasteiger partial charge on any atom is -0.383 e. The van der Waals surface area contributed by atoms with Crippen molar-refractivity contribution in [3.05, 3.63) is 49.8 Å². The maximum absolute atomic E-state index is 12.7. The highest BCUT2D eigenvalue weighted by molar-refractivity contribution is 5.78. The first-order valence-corrected chi connectivity index (χ1v) is 6.02. The van der Waals surface area contributed by atoms with Crippen molar-refractivity contribution in [1.82, 2.24) is 0 Å². The first-order chi connectivity index (χ1) is 10.4. The fourth-order valence-corrected chi connectivity index (χ4v) is 1.92. The molecule has 2 rings (SSSR count). The van der Waals surface area contributed by atoms with Gasteiger partial charge in [0.15, 0.2) is 0 Å². The van der Waals surface area contributed by atoms with E-state index >= 15 is 0 Å². The van der Waals surface area contributed by atoms with Crippen molar-refractivity contribution in [2.24, 2.45) is 0 Å². The van der Waals surface area contributed by atoms with Crippen LogP contribution in [-0.2, 0) is 12.4 Å². The molecule has 0 aliphatic heterocycles. The number of alkyl halides is 6. The number of benzene rings is 1. The largest absolute Gasteiger partial charge is 0.416 e. The minimum atomic E-state index is -5.00. The molecule has 0 unspecified atom stereocenters. The molecule has 0 atom stereocenters. The average Bonchev–Trinajstić information content (AvgIpc) is 2.44. The summed E-state index contributed by atoms with van der Waals surface area (Å²) in [6.07, 6.45) is -10.0. The van der Waals surface area contributed by atoms with E-state index in [1.54, 1.807) is 0 Å². The fraction of sp³-hybridized carbons (Fsp3) is 0.231. The first kappa shape index (κ1) is 16.8. The number of halogens is 6. The molecular formula is C13H8F6N2O2. The molecule has 0 aliphatic rings. The smallest absolute Gasteiger partial charge is 0.383 e. The first-order valence-electron chi connectivity index (χ1n) is 6.02. The number of hydrogen-bond acceptors (Lipinski definition) is 4. The molecule has 0 bridgehead atoms. The summed E-state index contributed by atoms with van der Waals surface area (Å²) in [5.74, 6) is 0. The summed E-state index contributed by atoms with van der Waals surface area (Å²) in [5.41, 5.74) is -6.18. The predicted molar refractivity (Wildman–Crippen MR) is 70.6 cm³/mol. The average molecular weight is 338 g/mol. The van der Waals surface area contributed by atoms with Gasteiger partial charge in [-0.25, -0.2) is 0 Å². The van der Waals surface area contributed by atoms with Crippen LogP contribution in [0.4, 0.5) is 43.4 Å². The number of nitrogens with one attached hydrogen (secondary N) is 2. The molecular weight excluding hydrogens is 330 g/mol. The Kier molecular flexibility index (Phi) is 3.87. The predicted octanol–water partition coefficient (Wildman–Crippen LogP) is 3.11. The Morgan fingerprint density at radius 3 is 1.61 bits per heavy atom. The monoisotopic (exact) mass is 338 g/mol. The van der Waals surface area contributed by atoms with Crippen LogP contribution < -0.4 is 21.5 Å². The lowest BCUT2D eigenvalue weighted by Crippen LogP contribution is -2.36. The third-order valence-corrected chi connectivity index (χ3v) is 3.02. The Balaban J connectivity index is 2.52. The van der Waals surface area contributed by atoms with E-state index in [0.717, 1.165) is 0 Å². The van der Waals surface area contributed by atoms with Crippen LogP contribution in [0.15, 0.2) is 27.8 Å². The number of rotatable bonds is 3. The van der Waals surface area contributed by atoms with Gasteiger partial charge in [-0.3, -0.25) is 9.59 Å².